The van der Waals surface area contributed by atoms with Crippen molar-refractivity contribution in [2.24, 2.45) is 0 Å². The zero-order valence-electron chi connectivity index (χ0n) is 9.51. The molecule has 0 aliphatic carbocycles. The third-order valence-corrected chi connectivity index (χ3v) is 3.09. The number of carbonyl (C=O) groups is 2. The van der Waals surface area contributed by atoms with Crippen LogP contribution in [0.3, 0.4) is 0 Å². The Hall–Kier alpha value is -2.08. The second kappa shape index (κ2) is 6.02. The zero-order chi connectivity index (χ0) is 12.8. The van der Waals surface area contributed by atoms with Gasteiger partial charge < -0.3 is 15.1 Å². The van der Waals surface area contributed by atoms with Crippen LogP contribution in [-0.2, 0) is 22.7 Å². The molecule has 0 atom stereocenters. The standard InChI is InChI=1S/C12H12N2O3S/c15-11(13-7-9-3-1-5-17-9)12(16)14-8-10-4-2-6-18-10/h1-6H,7-8H2,(H,13,15)(H,14,16). The SMILES string of the molecule is O=C(NCc1ccco1)C(=O)NCc1cccs1. The molecule has 0 aromatic carbocycles. The monoisotopic (exact) mass is 264 g/mol. The van der Waals surface area contributed by atoms with Crippen molar-refractivity contribution in [3.63, 3.8) is 0 Å². The van der Waals surface area contributed by atoms with Gasteiger partial charge in [0.25, 0.3) is 0 Å². The molecule has 94 valence electrons. The maximum Gasteiger partial charge on any atom is 0.309 e. The predicted molar refractivity (Wildman–Crippen MR) is 66.7 cm³/mol. The van der Waals surface area contributed by atoms with Gasteiger partial charge in [-0.25, -0.2) is 0 Å². The van der Waals surface area contributed by atoms with Crippen LogP contribution in [0, 0.1) is 0 Å². The highest BCUT2D eigenvalue weighted by molar-refractivity contribution is 7.09. The molecule has 18 heavy (non-hydrogen) atoms. The number of nitrogens with one attached hydrogen (secondary N) is 2. The molecule has 0 unspecified atom stereocenters. The molecule has 5 nitrogen and oxygen atoms in total. The molecule has 2 rings (SSSR count). The molecule has 2 aromatic rings. The van der Waals surface area contributed by atoms with Crippen LogP contribution in [0.25, 0.3) is 0 Å². The van der Waals surface area contributed by atoms with Crippen molar-refractivity contribution in [1.29, 1.82) is 0 Å². The van der Waals surface area contributed by atoms with Gasteiger partial charge in [-0.05, 0) is 23.6 Å². The molecule has 0 radical (unpaired) electrons. The summed E-state index contributed by atoms with van der Waals surface area (Å²) in [5, 5.41) is 6.93. The summed E-state index contributed by atoms with van der Waals surface area (Å²) >= 11 is 1.53. The molecule has 2 amide bonds. The van der Waals surface area contributed by atoms with Crippen LogP contribution in [0.1, 0.15) is 10.6 Å². The summed E-state index contributed by atoms with van der Waals surface area (Å²) in [6.07, 6.45) is 1.51. The quantitative estimate of drug-likeness (QED) is 0.817. The Morgan fingerprint density at radius 2 is 1.89 bits per heavy atom. The lowest BCUT2D eigenvalue weighted by Crippen LogP contribution is -2.39. The highest BCUT2D eigenvalue weighted by Crippen LogP contribution is 2.07. The van der Waals surface area contributed by atoms with Crippen molar-refractivity contribution < 1.29 is 14.0 Å². The minimum absolute atomic E-state index is 0.207. The summed E-state index contributed by atoms with van der Waals surface area (Å²) in [5.41, 5.74) is 0. The van der Waals surface area contributed by atoms with E-state index >= 15 is 0 Å². The van der Waals surface area contributed by atoms with Crippen LogP contribution in [0.5, 0.6) is 0 Å². The lowest BCUT2D eigenvalue weighted by atomic mass is 10.4. The summed E-state index contributed by atoms with van der Waals surface area (Å²) < 4.78 is 5.04. The van der Waals surface area contributed by atoms with Crippen molar-refractivity contribution in [2.45, 2.75) is 13.1 Å². The van der Waals surface area contributed by atoms with Crippen LogP contribution in [0.2, 0.25) is 0 Å². The lowest BCUT2D eigenvalue weighted by Gasteiger charge is -2.04. The molecule has 0 spiro atoms. The summed E-state index contributed by atoms with van der Waals surface area (Å²) in [5.74, 6) is -0.702. The normalized spacial score (nSPS) is 10.0. The molecule has 0 saturated heterocycles. The van der Waals surface area contributed by atoms with Gasteiger partial charge in [-0.15, -0.1) is 11.3 Å². The molecule has 2 heterocycles. The minimum Gasteiger partial charge on any atom is -0.467 e. The highest BCUT2D eigenvalue weighted by Gasteiger charge is 2.13. The lowest BCUT2D eigenvalue weighted by molar-refractivity contribution is -0.139. The number of hydrogen-bond acceptors (Lipinski definition) is 4. The van der Waals surface area contributed by atoms with E-state index in [9.17, 15) is 9.59 Å². The number of thiophene rings is 1. The molecule has 0 aliphatic rings. The number of hydrogen-bond donors (Lipinski definition) is 2. The van der Waals surface area contributed by atoms with Crippen LogP contribution in [-0.4, -0.2) is 11.8 Å². The number of rotatable bonds is 4. The highest BCUT2D eigenvalue weighted by atomic mass is 32.1. The van der Waals surface area contributed by atoms with Crippen molar-refractivity contribution >= 4 is 23.2 Å². The van der Waals surface area contributed by atoms with Crippen LogP contribution in [0.4, 0.5) is 0 Å². The second-order valence-corrected chi connectivity index (χ2v) is 4.56. The van der Waals surface area contributed by atoms with Gasteiger partial charge in [0.15, 0.2) is 0 Å². The van der Waals surface area contributed by atoms with Gasteiger partial charge in [-0.1, -0.05) is 6.07 Å². The predicted octanol–water partition coefficient (Wildman–Crippen LogP) is 1.27. The average Bonchev–Trinajstić information content (AvgIpc) is 3.05. The van der Waals surface area contributed by atoms with Crippen molar-refractivity contribution in [3.05, 3.63) is 46.5 Å². The summed E-state index contributed by atoms with van der Waals surface area (Å²) in [6.45, 7) is 0.572. The Morgan fingerprint density at radius 1 is 1.11 bits per heavy atom. The number of amides is 2. The van der Waals surface area contributed by atoms with Gasteiger partial charge in [0, 0.05) is 4.88 Å². The van der Waals surface area contributed by atoms with E-state index < -0.39 is 11.8 Å². The van der Waals surface area contributed by atoms with Crippen LogP contribution in [0.15, 0.2) is 40.3 Å². The topological polar surface area (TPSA) is 71.3 Å². The Balaban J connectivity index is 1.73. The van der Waals surface area contributed by atoms with Gasteiger partial charge in [-0.3, -0.25) is 9.59 Å². The van der Waals surface area contributed by atoms with E-state index in [1.165, 1.54) is 17.6 Å². The summed E-state index contributed by atoms with van der Waals surface area (Å²) in [4.78, 5) is 23.9. The van der Waals surface area contributed by atoms with Crippen molar-refractivity contribution in [1.82, 2.24) is 10.6 Å². The largest absolute Gasteiger partial charge is 0.467 e. The first kappa shape index (κ1) is 12.4. The Kier molecular flexibility index (Phi) is 4.14. The van der Waals surface area contributed by atoms with E-state index in [-0.39, 0.29) is 6.54 Å². The zero-order valence-corrected chi connectivity index (χ0v) is 10.3. The first-order valence-corrected chi connectivity index (χ1v) is 6.24. The Bertz CT molecular complexity index is 457. The fraction of sp³-hybridized carbons (Fsp3) is 0.167. The molecular formula is C12H12N2O3S. The fourth-order valence-electron chi connectivity index (χ4n) is 1.32. The van der Waals surface area contributed by atoms with E-state index in [0.717, 1.165) is 4.88 Å². The molecular weight excluding hydrogens is 252 g/mol. The number of carbonyl (C=O) groups excluding carboxylic acids is 2. The Morgan fingerprint density at radius 3 is 2.50 bits per heavy atom. The number of furan rings is 1. The second-order valence-electron chi connectivity index (χ2n) is 3.52. The Labute approximate surface area is 108 Å². The average molecular weight is 264 g/mol. The molecule has 2 aromatic heterocycles. The van der Waals surface area contributed by atoms with E-state index in [0.29, 0.717) is 12.3 Å². The van der Waals surface area contributed by atoms with Gasteiger partial charge >= 0.3 is 11.8 Å². The van der Waals surface area contributed by atoms with Gasteiger partial charge in [0.2, 0.25) is 0 Å². The molecule has 0 fully saturated rings. The van der Waals surface area contributed by atoms with E-state index in [1.54, 1.807) is 12.1 Å². The smallest absolute Gasteiger partial charge is 0.309 e. The maximum absolute atomic E-state index is 11.4. The van der Waals surface area contributed by atoms with Crippen molar-refractivity contribution in [2.75, 3.05) is 0 Å². The van der Waals surface area contributed by atoms with Crippen LogP contribution >= 0.6 is 11.3 Å². The maximum atomic E-state index is 11.4. The third-order valence-electron chi connectivity index (χ3n) is 2.21. The van der Waals surface area contributed by atoms with Gasteiger partial charge in [0.1, 0.15) is 5.76 Å². The van der Waals surface area contributed by atoms with Gasteiger partial charge in [0.05, 0.1) is 19.4 Å². The van der Waals surface area contributed by atoms with E-state index in [4.69, 9.17) is 4.42 Å². The summed E-state index contributed by atoms with van der Waals surface area (Å²) in [7, 11) is 0. The molecule has 6 heteroatoms. The third kappa shape index (κ3) is 3.46. The first-order valence-electron chi connectivity index (χ1n) is 5.36. The van der Waals surface area contributed by atoms with Crippen molar-refractivity contribution in [3.8, 4) is 0 Å². The van der Waals surface area contributed by atoms with Gasteiger partial charge in [-0.2, -0.15) is 0 Å². The molecule has 0 bridgehead atoms. The fourth-order valence-corrected chi connectivity index (χ4v) is 1.97. The molecule has 2 N–H and O–H groups in total. The molecule has 0 aliphatic heterocycles. The van der Waals surface area contributed by atoms with E-state index in [1.807, 2.05) is 17.5 Å². The van der Waals surface area contributed by atoms with Crippen LogP contribution < -0.4 is 10.6 Å². The minimum atomic E-state index is -0.664. The first-order chi connectivity index (χ1) is 8.75. The van der Waals surface area contributed by atoms with E-state index in [2.05, 4.69) is 10.6 Å². The summed E-state index contributed by atoms with van der Waals surface area (Å²) in [6, 6.07) is 7.23. The molecule has 0 saturated carbocycles.